The van der Waals surface area contributed by atoms with Gasteiger partial charge < -0.3 is 9.80 Å². The van der Waals surface area contributed by atoms with E-state index in [1.165, 1.54) is 26.7 Å². The summed E-state index contributed by atoms with van der Waals surface area (Å²) in [5.41, 5.74) is 3.98. The van der Waals surface area contributed by atoms with Gasteiger partial charge >= 0.3 is 0 Å². The summed E-state index contributed by atoms with van der Waals surface area (Å²) < 4.78 is 0. The maximum Gasteiger partial charge on any atom is 0.0556 e. The lowest BCUT2D eigenvalue weighted by atomic mass is 10.1. The molecule has 0 saturated heterocycles. The molecule has 2 aromatic rings. The number of aryl methyl sites for hydroxylation is 1. The first-order valence-electron chi connectivity index (χ1n) is 7.38. The first-order chi connectivity index (χ1) is 10.1. The largest absolute Gasteiger partial charge is 0.338 e. The molecular formula is C18H22N2S. The smallest absolute Gasteiger partial charge is 0.0556 e. The van der Waals surface area contributed by atoms with Gasteiger partial charge in [0.05, 0.1) is 11.4 Å². The molecule has 3 rings (SSSR count). The number of nitrogens with zero attached hydrogens (tertiary/aromatic N) is 2. The maximum absolute atomic E-state index is 2.47. The monoisotopic (exact) mass is 298 g/mol. The highest BCUT2D eigenvalue weighted by molar-refractivity contribution is 7.99. The average Bonchev–Trinajstić information content (AvgIpc) is 2.47. The second-order valence-electron chi connectivity index (χ2n) is 5.96. The Morgan fingerprint density at radius 3 is 2.52 bits per heavy atom. The van der Waals surface area contributed by atoms with E-state index in [1.54, 1.807) is 0 Å². The van der Waals surface area contributed by atoms with Gasteiger partial charge in [0.2, 0.25) is 0 Å². The normalized spacial score (nSPS) is 14.8. The highest BCUT2D eigenvalue weighted by Gasteiger charge is 2.24. The molecule has 0 fully saturated rings. The molecule has 1 heterocycles. The molecule has 0 spiro atoms. The van der Waals surface area contributed by atoms with Crippen LogP contribution in [-0.4, -0.2) is 31.6 Å². The molecule has 1 atom stereocenters. The number of anilines is 2. The molecule has 21 heavy (non-hydrogen) atoms. The van der Waals surface area contributed by atoms with Crippen molar-refractivity contribution in [3.05, 3.63) is 48.0 Å². The Morgan fingerprint density at radius 2 is 1.76 bits per heavy atom. The van der Waals surface area contributed by atoms with Crippen molar-refractivity contribution < 1.29 is 0 Å². The first kappa shape index (κ1) is 14.5. The van der Waals surface area contributed by atoms with Crippen LogP contribution in [0.3, 0.4) is 0 Å². The van der Waals surface area contributed by atoms with Gasteiger partial charge in [-0.15, -0.1) is 0 Å². The zero-order valence-electron chi connectivity index (χ0n) is 13.1. The fourth-order valence-corrected chi connectivity index (χ4v) is 3.64. The molecule has 0 bridgehead atoms. The molecule has 0 N–H and O–H groups in total. The Morgan fingerprint density at radius 1 is 1.05 bits per heavy atom. The van der Waals surface area contributed by atoms with Crippen LogP contribution in [0.5, 0.6) is 0 Å². The minimum absolute atomic E-state index is 0.495. The van der Waals surface area contributed by atoms with Gasteiger partial charge in [0.15, 0.2) is 0 Å². The summed E-state index contributed by atoms with van der Waals surface area (Å²) in [4.78, 5) is 7.45. The Hall–Kier alpha value is -1.45. The third-order valence-corrected chi connectivity index (χ3v) is 5.24. The van der Waals surface area contributed by atoms with Gasteiger partial charge in [0, 0.05) is 22.4 Å². The summed E-state index contributed by atoms with van der Waals surface area (Å²) in [6.07, 6.45) is 0. The summed E-state index contributed by atoms with van der Waals surface area (Å²) in [7, 11) is 4.29. The quantitative estimate of drug-likeness (QED) is 0.821. The molecule has 1 aliphatic rings. The topological polar surface area (TPSA) is 6.48 Å². The van der Waals surface area contributed by atoms with Crippen molar-refractivity contribution in [1.29, 1.82) is 0 Å². The van der Waals surface area contributed by atoms with E-state index in [1.807, 2.05) is 11.8 Å². The molecule has 1 unspecified atom stereocenters. The number of fused-ring (bicyclic) bond motifs is 2. The van der Waals surface area contributed by atoms with Crippen molar-refractivity contribution in [2.75, 3.05) is 25.5 Å². The van der Waals surface area contributed by atoms with Crippen molar-refractivity contribution in [3.63, 3.8) is 0 Å². The zero-order valence-corrected chi connectivity index (χ0v) is 13.9. The fourth-order valence-electron chi connectivity index (χ4n) is 2.56. The van der Waals surface area contributed by atoms with E-state index in [2.05, 4.69) is 80.2 Å². The van der Waals surface area contributed by atoms with Crippen molar-refractivity contribution >= 4 is 23.1 Å². The molecule has 0 radical (unpaired) electrons. The van der Waals surface area contributed by atoms with Crippen LogP contribution in [0.25, 0.3) is 0 Å². The number of para-hydroxylation sites is 1. The fraction of sp³-hybridized carbons (Fsp3) is 0.333. The maximum atomic E-state index is 2.47. The molecule has 0 amide bonds. The van der Waals surface area contributed by atoms with Gasteiger partial charge in [-0.2, -0.15) is 0 Å². The van der Waals surface area contributed by atoms with E-state index >= 15 is 0 Å². The lowest BCUT2D eigenvalue weighted by Crippen LogP contribution is -2.37. The van der Waals surface area contributed by atoms with Gasteiger partial charge in [-0.1, -0.05) is 30.0 Å². The summed E-state index contributed by atoms with van der Waals surface area (Å²) >= 11 is 1.88. The van der Waals surface area contributed by atoms with Gasteiger partial charge in [-0.25, -0.2) is 0 Å². The molecule has 2 nitrogen and oxygen atoms in total. The van der Waals surface area contributed by atoms with E-state index in [4.69, 9.17) is 0 Å². The van der Waals surface area contributed by atoms with E-state index in [-0.39, 0.29) is 0 Å². The van der Waals surface area contributed by atoms with Crippen molar-refractivity contribution in [3.8, 4) is 0 Å². The highest BCUT2D eigenvalue weighted by atomic mass is 32.2. The van der Waals surface area contributed by atoms with E-state index in [0.29, 0.717) is 6.04 Å². The van der Waals surface area contributed by atoms with E-state index in [9.17, 15) is 0 Å². The second-order valence-corrected chi connectivity index (χ2v) is 7.05. The van der Waals surface area contributed by atoms with Crippen LogP contribution in [0.15, 0.2) is 52.3 Å². The highest BCUT2D eigenvalue weighted by Crippen LogP contribution is 2.48. The Balaban J connectivity index is 2.06. The lowest BCUT2D eigenvalue weighted by Gasteiger charge is -2.36. The molecule has 0 saturated carbocycles. The third-order valence-electron chi connectivity index (χ3n) is 4.11. The van der Waals surface area contributed by atoms with Crippen LogP contribution in [-0.2, 0) is 0 Å². The predicted octanol–water partition coefficient (Wildman–Crippen LogP) is 4.55. The summed E-state index contributed by atoms with van der Waals surface area (Å²) in [6.45, 7) is 5.44. The summed E-state index contributed by atoms with van der Waals surface area (Å²) in [5, 5.41) is 0. The third kappa shape index (κ3) is 2.81. The minimum atomic E-state index is 0.495. The summed E-state index contributed by atoms with van der Waals surface area (Å²) in [6, 6.07) is 16.0. The van der Waals surface area contributed by atoms with Crippen LogP contribution in [0.4, 0.5) is 11.4 Å². The molecule has 2 aromatic carbocycles. The van der Waals surface area contributed by atoms with Crippen LogP contribution in [0.1, 0.15) is 12.5 Å². The Kier molecular flexibility index (Phi) is 3.96. The van der Waals surface area contributed by atoms with Gasteiger partial charge in [-0.05, 0) is 57.8 Å². The van der Waals surface area contributed by atoms with E-state index in [0.717, 1.165) is 6.54 Å². The molecule has 0 aromatic heterocycles. The number of hydrogen-bond donors (Lipinski definition) is 0. The van der Waals surface area contributed by atoms with E-state index < -0.39 is 0 Å². The van der Waals surface area contributed by atoms with Crippen LogP contribution in [0.2, 0.25) is 0 Å². The number of hydrogen-bond acceptors (Lipinski definition) is 3. The number of benzene rings is 2. The SMILES string of the molecule is Cc1ccc2c(c1)N(CC(C)N(C)C)c1ccccc1S2. The van der Waals surface area contributed by atoms with Crippen molar-refractivity contribution in [1.82, 2.24) is 4.90 Å². The standard InChI is InChI=1S/C18H22N2S/c1-13-9-10-18-16(11-13)20(12-14(2)19(3)4)15-7-5-6-8-17(15)21-18/h5-11,14H,12H2,1-4H3. The second kappa shape index (κ2) is 5.74. The molecule has 110 valence electrons. The molecule has 0 aliphatic carbocycles. The predicted molar refractivity (Wildman–Crippen MR) is 91.9 cm³/mol. The molecule has 3 heteroatoms. The molecular weight excluding hydrogens is 276 g/mol. The Labute approximate surface area is 131 Å². The number of likely N-dealkylation sites (N-methyl/N-ethyl adjacent to an activating group) is 1. The summed E-state index contributed by atoms with van der Waals surface area (Å²) in [5.74, 6) is 0. The molecule has 1 aliphatic heterocycles. The van der Waals surface area contributed by atoms with Gasteiger partial charge in [-0.3, -0.25) is 0 Å². The van der Waals surface area contributed by atoms with Crippen LogP contribution >= 0.6 is 11.8 Å². The first-order valence-corrected chi connectivity index (χ1v) is 8.19. The van der Waals surface area contributed by atoms with Crippen LogP contribution in [0, 0.1) is 6.92 Å². The zero-order chi connectivity index (χ0) is 15.0. The van der Waals surface area contributed by atoms with Gasteiger partial charge in [0.25, 0.3) is 0 Å². The van der Waals surface area contributed by atoms with Gasteiger partial charge in [0.1, 0.15) is 0 Å². The average molecular weight is 298 g/mol. The minimum Gasteiger partial charge on any atom is -0.338 e. The van der Waals surface area contributed by atoms with Crippen molar-refractivity contribution in [2.24, 2.45) is 0 Å². The Bertz CT molecular complexity index is 651. The number of rotatable bonds is 3. The lowest BCUT2D eigenvalue weighted by molar-refractivity contribution is 0.319. The van der Waals surface area contributed by atoms with Crippen LogP contribution < -0.4 is 4.90 Å². The van der Waals surface area contributed by atoms with Crippen molar-refractivity contribution in [2.45, 2.75) is 29.7 Å².